The van der Waals surface area contributed by atoms with Crippen LogP contribution in [-0.2, 0) is 10.8 Å². The van der Waals surface area contributed by atoms with Gasteiger partial charge in [0.15, 0.2) is 0 Å². The van der Waals surface area contributed by atoms with Crippen LogP contribution in [0.15, 0.2) is 12.5 Å². The average Bonchev–Trinajstić information content (AvgIpc) is 2.20. The van der Waals surface area contributed by atoms with Crippen LogP contribution in [0.4, 0.5) is 5.82 Å². The van der Waals surface area contributed by atoms with Crippen molar-refractivity contribution < 1.29 is 4.21 Å². The normalized spacial score (nSPS) is 12.4. The predicted octanol–water partition coefficient (Wildman–Crippen LogP) is 1.26. The lowest BCUT2D eigenvalue weighted by Gasteiger charge is -2.05. The highest BCUT2D eigenvalue weighted by atomic mass is 127. The number of rotatable bonds is 5. The molecular formula is C8H12IN3OS. The maximum atomic E-state index is 11.1. The summed E-state index contributed by atoms with van der Waals surface area (Å²) in [6, 6.07) is 0. The molecule has 0 radical (unpaired) electrons. The molecule has 0 amide bonds. The van der Waals surface area contributed by atoms with E-state index in [1.54, 1.807) is 6.20 Å². The fourth-order valence-electron chi connectivity index (χ4n) is 0.870. The van der Waals surface area contributed by atoms with E-state index in [4.69, 9.17) is 0 Å². The molecule has 1 unspecified atom stereocenters. The molecule has 14 heavy (non-hydrogen) atoms. The van der Waals surface area contributed by atoms with E-state index in [-0.39, 0.29) is 0 Å². The fraction of sp³-hybridized carbons (Fsp3) is 0.500. The number of nitrogens with zero attached hydrogens (tertiary/aromatic N) is 2. The number of hydrogen-bond donors (Lipinski definition) is 1. The lowest BCUT2D eigenvalue weighted by molar-refractivity contribution is 0.684. The maximum absolute atomic E-state index is 11.1. The molecule has 0 aliphatic carbocycles. The summed E-state index contributed by atoms with van der Waals surface area (Å²) in [6.07, 6.45) is 3.24. The summed E-state index contributed by atoms with van der Waals surface area (Å²) in [5.41, 5.74) is 0. The van der Waals surface area contributed by atoms with Gasteiger partial charge < -0.3 is 5.32 Å². The highest BCUT2D eigenvalue weighted by Crippen LogP contribution is 2.11. The van der Waals surface area contributed by atoms with E-state index in [0.717, 1.165) is 9.39 Å². The third-order valence-corrected chi connectivity index (χ3v) is 3.70. The van der Waals surface area contributed by atoms with Gasteiger partial charge in [-0.05, 0) is 22.6 Å². The maximum Gasteiger partial charge on any atom is 0.142 e. The summed E-state index contributed by atoms with van der Waals surface area (Å²) in [6.45, 7) is 2.61. The molecule has 0 spiro atoms. The minimum Gasteiger partial charge on any atom is -0.368 e. The first-order chi connectivity index (χ1) is 6.74. The van der Waals surface area contributed by atoms with Crippen molar-refractivity contribution in [3.05, 3.63) is 16.1 Å². The molecule has 1 aromatic heterocycles. The molecule has 0 aromatic carbocycles. The predicted molar refractivity (Wildman–Crippen MR) is 66.8 cm³/mol. The van der Waals surface area contributed by atoms with E-state index in [0.29, 0.717) is 18.1 Å². The molecule has 4 nitrogen and oxygen atoms in total. The quantitative estimate of drug-likeness (QED) is 0.828. The molecule has 1 heterocycles. The minimum atomic E-state index is -0.716. The zero-order chi connectivity index (χ0) is 10.4. The van der Waals surface area contributed by atoms with Crippen LogP contribution in [-0.4, -0.2) is 32.2 Å². The van der Waals surface area contributed by atoms with Gasteiger partial charge in [-0.15, -0.1) is 0 Å². The van der Waals surface area contributed by atoms with E-state index < -0.39 is 10.8 Å². The van der Waals surface area contributed by atoms with Gasteiger partial charge in [-0.25, -0.2) is 9.97 Å². The van der Waals surface area contributed by atoms with Gasteiger partial charge in [0, 0.05) is 35.0 Å². The van der Waals surface area contributed by atoms with Crippen LogP contribution in [0.5, 0.6) is 0 Å². The van der Waals surface area contributed by atoms with E-state index >= 15 is 0 Å². The second kappa shape index (κ2) is 6.28. The van der Waals surface area contributed by atoms with Gasteiger partial charge in [0.05, 0.1) is 3.57 Å². The molecule has 1 rings (SSSR count). The number of aromatic nitrogens is 2. The van der Waals surface area contributed by atoms with Crippen molar-refractivity contribution in [2.24, 2.45) is 0 Å². The molecule has 0 fully saturated rings. The number of anilines is 1. The molecule has 0 saturated carbocycles. The van der Waals surface area contributed by atoms with Gasteiger partial charge in [-0.1, -0.05) is 6.92 Å². The highest BCUT2D eigenvalue weighted by molar-refractivity contribution is 14.1. The Bertz CT molecular complexity index is 321. The standard InChI is InChI=1S/C8H12IN3OS/c1-2-14(13)4-3-11-8-7(9)5-10-6-12-8/h5-6H,2-4H2,1H3,(H,10,11,12). The second-order valence-corrected chi connectivity index (χ2v) is 5.61. The van der Waals surface area contributed by atoms with Gasteiger partial charge in [0.25, 0.3) is 0 Å². The second-order valence-electron chi connectivity index (χ2n) is 2.58. The largest absolute Gasteiger partial charge is 0.368 e. The Balaban J connectivity index is 2.39. The van der Waals surface area contributed by atoms with Crippen molar-refractivity contribution >= 4 is 39.2 Å². The van der Waals surface area contributed by atoms with Gasteiger partial charge >= 0.3 is 0 Å². The minimum absolute atomic E-state index is 0.663. The number of nitrogens with one attached hydrogen (secondary N) is 1. The van der Waals surface area contributed by atoms with Crippen LogP contribution >= 0.6 is 22.6 Å². The Morgan fingerprint density at radius 2 is 2.43 bits per heavy atom. The number of hydrogen-bond acceptors (Lipinski definition) is 4. The van der Waals surface area contributed by atoms with Gasteiger partial charge in [-0.3, -0.25) is 4.21 Å². The summed E-state index contributed by atoms with van der Waals surface area (Å²) in [5.74, 6) is 2.19. The highest BCUT2D eigenvalue weighted by Gasteiger charge is 2.00. The van der Waals surface area contributed by atoms with Crippen LogP contribution in [0.25, 0.3) is 0 Å². The van der Waals surface area contributed by atoms with Gasteiger partial charge in [0.1, 0.15) is 12.1 Å². The van der Waals surface area contributed by atoms with Crippen LogP contribution in [0.1, 0.15) is 6.92 Å². The molecule has 0 saturated heterocycles. The first-order valence-corrected chi connectivity index (χ1v) is 6.85. The third-order valence-electron chi connectivity index (χ3n) is 1.61. The molecule has 1 aromatic rings. The topological polar surface area (TPSA) is 54.9 Å². The summed E-state index contributed by atoms with van der Waals surface area (Å²) in [5, 5.41) is 3.13. The Labute approximate surface area is 99.5 Å². The summed E-state index contributed by atoms with van der Waals surface area (Å²) < 4.78 is 12.1. The van der Waals surface area contributed by atoms with Gasteiger partial charge in [0.2, 0.25) is 0 Å². The summed E-state index contributed by atoms with van der Waals surface area (Å²) in [7, 11) is -0.716. The van der Waals surface area contributed by atoms with Crippen molar-refractivity contribution in [2.45, 2.75) is 6.92 Å². The van der Waals surface area contributed by atoms with Crippen LogP contribution in [0.2, 0.25) is 0 Å². The molecule has 1 N–H and O–H groups in total. The van der Waals surface area contributed by atoms with Crippen molar-refractivity contribution in [3.8, 4) is 0 Å². The van der Waals surface area contributed by atoms with Crippen molar-refractivity contribution in [1.82, 2.24) is 9.97 Å². The Morgan fingerprint density at radius 3 is 3.07 bits per heavy atom. The Morgan fingerprint density at radius 1 is 1.64 bits per heavy atom. The molecule has 78 valence electrons. The summed E-state index contributed by atoms with van der Waals surface area (Å²) in [4.78, 5) is 7.96. The van der Waals surface area contributed by atoms with E-state index in [1.165, 1.54) is 6.33 Å². The molecule has 0 aliphatic rings. The third kappa shape index (κ3) is 3.87. The molecule has 1 atom stereocenters. The monoisotopic (exact) mass is 325 g/mol. The fourth-order valence-corrected chi connectivity index (χ4v) is 1.98. The van der Waals surface area contributed by atoms with Crippen LogP contribution in [0.3, 0.4) is 0 Å². The SMILES string of the molecule is CCS(=O)CCNc1ncncc1I. The molecule has 0 aliphatic heterocycles. The number of halogens is 1. The zero-order valence-corrected chi connectivity index (χ0v) is 10.8. The van der Waals surface area contributed by atoms with E-state index in [2.05, 4.69) is 37.9 Å². The lowest BCUT2D eigenvalue weighted by atomic mass is 10.5. The van der Waals surface area contributed by atoms with Crippen LogP contribution < -0.4 is 5.32 Å². The molecule has 0 bridgehead atoms. The molecule has 6 heteroatoms. The molecular weight excluding hydrogens is 313 g/mol. The Hall–Kier alpha value is -0.240. The van der Waals surface area contributed by atoms with Crippen LogP contribution in [0, 0.1) is 3.57 Å². The van der Waals surface area contributed by atoms with E-state index in [1.807, 2.05) is 6.92 Å². The van der Waals surface area contributed by atoms with Crippen molar-refractivity contribution in [3.63, 3.8) is 0 Å². The first kappa shape index (κ1) is 11.8. The average molecular weight is 325 g/mol. The summed E-state index contributed by atoms with van der Waals surface area (Å²) >= 11 is 2.16. The van der Waals surface area contributed by atoms with E-state index in [9.17, 15) is 4.21 Å². The zero-order valence-electron chi connectivity index (χ0n) is 7.86. The Kier molecular flexibility index (Phi) is 5.31. The van der Waals surface area contributed by atoms with Crippen molar-refractivity contribution in [2.75, 3.05) is 23.4 Å². The van der Waals surface area contributed by atoms with Crippen molar-refractivity contribution in [1.29, 1.82) is 0 Å². The first-order valence-electron chi connectivity index (χ1n) is 4.28. The van der Waals surface area contributed by atoms with Gasteiger partial charge in [-0.2, -0.15) is 0 Å². The lowest BCUT2D eigenvalue weighted by Crippen LogP contribution is -2.13. The smallest absolute Gasteiger partial charge is 0.142 e.